The molecule has 0 heteroatoms. The van der Waals surface area contributed by atoms with Crippen molar-refractivity contribution in [3.05, 3.63) is 42.3 Å². The molecule has 0 saturated carbocycles. The van der Waals surface area contributed by atoms with E-state index in [0.717, 1.165) is 12.8 Å². The Kier molecular flexibility index (Phi) is 3.41. The Morgan fingerprint density at radius 1 is 1.17 bits per heavy atom. The van der Waals surface area contributed by atoms with E-state index < -0.39 is 0 Å². The van der Waals surface area contributed by atoms with Crippen molar-refractivity contribution in [3.63, 3.8) is 0 Å². The lowest BCUT2D eigenvalue weighted by atomic mass is 10.1. The Morgan fingerprint density at radius 3 is 2.25 bits per heavy atom. The fraction of sp³-hybridized carbons (Fsp3) is 0.250. The van der Waals surface area contributed by atoms with Gasteiger partial charge in [-0.15, -0.1) is 5.92 Å². The highest BCUT2D eigenvalue weighted by molar-refractivity contribution is 5.25. The molecule has 0 aliphatic carbocycles. The lowest BCUT2D eigenvalue weighted by Crippen LogP contribution is -1.83. The molecule has 0 saturated heterocycles. The van der Waals surface area contributed by atoms with E-state index in [0.29, 0.717) is 0 Å². The minimum Gasteiger partial charge on any atom is -0.102 e. The molecule has 0 fully saturated rings. The highest BCUT2D eigenvalue weighted by Crippen LogP contribution is 2.04. The molecule has 61 valence electrons. The van der Waals surface area contributed by atoms with Gasteiger partial charge in [0.05, 0.1) is 0 Å². The monoisotopic (exact) mass is 157 g/mol. The molecular formula is C12H13. The predicted molar refractivity (Wildman–Crippen MR) is 52.7 cm³/mol. The van der Waals surface area contributed by atoms with E-state index in [4.69, 9.17) is 0 Å². The van der Waals surface area contributed by atoms with Gasteiger partial charge in [0.1, 0.15) is 0 Å². The Balaban J connectivity index is 2.69. The molecule has 0 aliphatic rings. The molecule has 1 rings (SSSR count). The average Bonchev–Trinajstić information content (AvgIpc) is 2.15. The van der Waals surface area contributed by atoms with Crippen LogP contribution in [0.2, 0.25) is 0 Å². The Labute approximate surface area is 74.6 Å². The Hall–Kier alpha value is -1.22. The summed E-state index contributed by atoms with van der Waals surface area (Å²) in [5, 5.41) is 0. The van der Waals surface area contributed by atoms with Gasteiger partial charge >= 0.3 is 0 Å². The van der Waals surface area contributed by atoms with Gasteiger partial charge in [-0.05, 0) is 17.5 Å². The maximum atomic E-state index is 3.47. The smallest absolute Gasteiger partial charge is 0.0340 e. The van der Waals surface area contributed by atoms with Crippen molar-refractivity contribution in [2.24, 2.45) is 0 Å². The van der Waals surface area contributed by atoms with Gasteiger partial charge in [0, 0.05) is 13.3 Å². The van der Waals surface area contributed by atoms with Gasteiger partial charge in [0.25, 0.3) is 0 Å². The lowest BCUT2D eigenvalue weighted by molar-refractivity contribution is 1.13. The van der Waals surface area contributed by atoms with E-state index >= 15 is 0 Å². The van der Waals surface area contributed by atoms with Crippen LogP contribution in [0.5, 0.6) is 0 Å². The van der Waals surface area contributed by atoms with Crippen molar-refractivity contribution in [2.45, 2.75) is 19.8 Å². The SMILES string of the molecule is [CH2]C#CCc1ccc(CC)cc1. The summed E-state index contributed by atoms with van der Waals surface area (Å²) in [6, 6.07) is 8.56. The molecule has 0 amide bonds. The van der Waals surface area contributed by atoms with Crippen LogP contribution in [0, 0.1) is 18.8 Å². The van der Waals surface area contributed by atoms with Gasteiger partial charge in [0.2, 0.25) is 0 Å². The number of rotatable bonds is 2. The molecule has 0 unspecified atom stereocenters. The van der Waals surface area contributed by atoms with Crippen molar-refractivity contribution in [1.29, 1.82) is 0 Å². The van der Waals surface area contributed by atoms with Gasteiger partial charge in [-0.2, -0.15) is 0 Å². The second-order valence-corrected chi connectivity index (χ2v) is 2.70. The van der Waals surface area contributed by atoms with Crippen molar-refractivity contribution in [1.82, 2.24) is 0 Å². The predicted octanol–water partition coefficient (Wildman–Crippen LogP) is 2.63. The highest BCUT2D eigenvalue weighted by atomic mass is 13.9. The Morgan fingerprint density at radius 2 is 1.75 bits per heavy atom. The summed E-state index contributed by atoms with van der Waals surface area (Å²) >= 11 is 0. The summed E-state index contributed by atoms with van der Waals surface area (Å²) in [5.41, 5.74) is 2.64. The van der Waals surface area contributed by atoms with Crippen molar-refractivity contribution in [2.75, 3.05) is 0 Å². The summed E-state index contributed by atoms with van der Waals surface area (Å²) in [6.45, 7) is 5.63. The Bertz CT molecular complexity index is 282. The zero-order valence-corrected chi connectivity index (χ0v) is 7.43. The molecule has 0 atom stereocenters. The topological polar surface area (TPSA) is 0 Å². The molecule has 0 spiro atoms. The molecule has 0 aliphatic heterocycles. The number of hydrogen-bond donors (Lipinski definition) is 0. The van der Waals surface area contributed by atoms with Crippen molar-refractivity contribution in [3.8, 4) is 11.8 Å². The van der Waals surface area contributed by atoms with Gasteiger partial charge in [-0.3, -0.25) is 0 Å². The molecule has 0 nitrogen and oxygen atoms in total. The first-order valence-corrected chi connectivity index (χ1v) is 4.19. The fourth-order valence-corrected chi connectivity index (χ4v) is 1.06. The van der Waals surface area contributed by atoms with E-state index in [1.54, 1.807) is 0 Å². The second-order valence-electron chi connectivity index (χ2n) is 2.70. The van der Waals surface area contributed by atoms with Crippen molar-refractivity contribution >= 4 is 0 Å². The van der Waals surface area contributed by atoms with Crippen LogP contribution in [0.15, 0.2) is 24.3 Å². The van der Waals surface area contributed by atoms with Gasteiger partial charge in [-0.25, -0.2) is 0 Å². The van der Waals surface area contributed by atoms with Crippen LogP contribution in [-0.4, -0.2) is 0 Å². The largest absolute Gasteiger partial charge is 0.102 e. The minimum absolute atomic E-state index is 0.813. The standard InChI is InChI=1S/C12H13/c1-3-5-6-12-9-7-11(4-2)8-10-12/h7-10H,1,4,6H2,2H3. The van der Waals surface area contributed by atoms with E-state index in [2.05, 4.69) is 50.0 Å². The summed E-state index contributed by atoms with van der Waals surface area (Å²) in [5.74, 6) is 5.59. The molecule has 0 bridgehead atoms. The average molecular weight is 157 g/mol. The fourth-order valence-electron chi connectivity index (χ4n) is 1.06. The molecule has 0 N–H and O–H groups in total. The number of hydrogen-bond acceptors (Lipinski definition) is 0. The van der Waals surface area contributed by atoms with E-state index in [1.807, 2.05) is 0 Å². The zero-order valence-electron chi connectivity index (χ0n) is 7.43. The first-order valence-electron chi connectivity index (χ1n) is 4.19. The van der Waals surface area contributed by atoms with Crippen LogP contribution in [-0.2, 0) is 12.8 Å². The van der Waals surface area contributed by atoms with Gasteiger partial charge in [0.15, 0.2) is 0 Å². The van der Waals surface area contributed by atoms with Crippen LogP contribution in [0.3, 0.4) is 0 Å². The molecule has 1 radical (unpaired) electrons. The summed E-state index contributed by atoms with van der Waals surface area (Å²) in [7, 11) is 0. The van der Waals surface area contributed by atoms with Crippen LogP contribution < -0.4 is 0 Å². The molecule has 1 aromatic carbocycles. The molecule has 1 aromatic rings. The molecule has 12 heavy (non-hydrogen) atoms. The summed E-state index contributed by atoms with van der Waals surface area (Å²) < 4.78 is 0. The molecule has 0 aromatic heterocycles. The third kappa shape index (κ3) is 2.43. The normalized spacial score (nSPS) is 8.83. The third-order valence-electron chi connectivity index (χ3n) is 1.85. The molecule has 0 heterocycles. The van der Waals surface area contributed by atoms with E-state index in [1.165, 1.54) is 11.1 Å². The van der Waals surface area contributed by atoms with Crippen molar-refractivity contribution < 1.29 is 0 Å². The van der Waals surface area contributed by atoms with Crippen LogP contribution in [0.4, 0.5) is 0 Å². The minimum atomic E-state index is 0.813. The summed E-state index contributed by atoms with van der Waals surface area (Å²) in [6.07, 6.45) is 1.91. The first kappa shape index (κ1) is 8.87. The van der Waals surface area contributed by atoms with Gasteiger partial charge < -0.3 is 0 Å². The van der Waals surface area contributed by atoms with Crippen LogP contribution in [0.25, 0.3) is 0 Å². The third-order valence-corrected chi connectivity index (χ3v) is 1.85. The molecular weight excluding hydrogens is 144 g/mol. The summed E-state index contributed by atoms with van der Waals surface area (Å²) in [4.78, 5) is 0. The van der Waals surface area contributed by atoms with Gasteiger partial charge in [-0.1, -0.05) is 37.1 Å². The first-order chi connectivity index (χ1) is 5.86. The maximum Gasteiger partial charge on any atom is 0.0340 e. The van der Waals surface area contributed by atoms with E-state index in [-0.39, 0.29) is 0 Å². The lowest BCUT2D eigenvalue weighted by Gasteiger charge is -1.97. The maximum absolute atomic E-state index is 3.47. The second kappa shape index (κ2) is 4.62. The highest BCUT2D eigenvalue weighted by Gasteiger charge is 1.89. The zero-order chi connectivity index (χ0) is 8.81. The van der Waals surface area contributed by atoms with Crippen LogP contribution in [0.1, 0.15) is 18.1 Å². The van der Waals surface area contributed by atoms with E-state index in [9.17, 15) is 0 Å². The number of aryl methyl sites for hydroxylation is 1. The number of benzene rings is 1. The quantitative estimate of drug-likeness (QED) is 0.579. The van der Waals surface area contributed by atoms with Crippen LogP contribution >= 0.6 is 0 Å².